The monoisotopic (exact) mass is 345 g/mol. The van der Waals surface area contributed by atoms with Gasteiger partial charge in [0.25, 0.3) is 0 Å². The van der Waals surface area contributed by atoms with E-state index < -0.39 is 11.4 Å². The van der Waals surface area contributed by atoms with Crippen molar-refractivity contribution in [2.24, 2.45) is 5.41 Å². The van der Waals surface area contributed by atoms with Gasteiger partial charge in [-0.15, -0.1) is 5.10 Å². The zero-order valence-electron chi connectivity index (χ0n) is 14.1. The molecule has 0 spiro atoms. The molecule has 0 aliphatic carbocycles. The normalized spacial score (nSPS) is 11.0. The van der Waals surface area contributed by atoms with Crippen LogP contribution < -0.4 is 10.6 Å². The van der Waals surface area contributed by atoms with Gasteiger partial charge in [0.05, 0.1) is 18.4 Å². The Bertz CT molecular complexity index is 807. The first-order chi connectivity index (χ1) is 11.7. The van der Waals surface area contributed by atoms with Crippen LogP contribution in [0, 0.1) is 5.41 Å². The van der Waals surface area contributed by atoms with Gasteiger partial charge in [0.1, 0.15) is 0 Å². The van der Waals surface area contributed by atoms with Gasteiger partial charge in [0, 0.05) is 11.1 Å². The fourth-order valence-electron chi connectivity index (χ4n) is 1.85. The highest BCUT2D eigenvalue weighted by Crippen LogP contribution is 2.15. The molecule has 0 aliphatic heterocycles. The number of amides is 2. The van der Waals surface area contributed by atoms with Crippen LogP contribution >= 0.6 is 0 Å². The van der Waals surface area contributed by atoms with E-state index in [2.05, 4.69) is 20.9 Å². The van der Waals surface area contributed by atoms with Crippen LogP contribution in [-0.2, 0) is 9.59 Å². The van der Waals surface area contributed by atoms with Crippen molar-refractivity contribution in [3.63, 3.8) is 0 Å². The van der Waals surface area contributed by atoms with Crippen LogP contribution in [0.5, 0.6) is 0 Å². The lowest BCUT2D eigenvalue weighted by molar-refractivity contribution is -0.130. The number of aromatic nitrogens is 3. The maximum absolute atomic E-state index is 11.9. The molecule has 1 aromatic heterocycles. The summed E-state index contributed by atoms with van der Waals surface area (Å²) in [7, 11) is 0. The van der Waals surface area contributed by atoms with Crippen LogP contribution in [0.1, 0.15) is 31.3 Å². The first kappa shape index (κ1) is 18.1. The van der Waals surface area contributed by atoms with E-state index in [1.54, 1.807) is 45.0 Å². The minimum absolute atomic E-state index is 0.146. The quantitative estimate of drug-likeness (QED) is 0.744. The van der Waals surface area contributed by atoms with Crippen molar-refractivity contribution in [3.8, 4) is 5.69 Å². The summed E-state index contributed by atoms with van der Waals surface area (Å²) in [6, 6.07) is 6.66. The Hall–Kier alpha value is -3.23. The smallest absolute Gasteiger partial charge is 0.358 e. The van der Waals surface area contributed by atoms with E-state index in [9.17, 15) is 14.4 Å². The summed E-state index contributed by atoms with van der Waals surface area (Å²) in [6.07, 6.45) is 1.27. The number of rotatable bonds is 5. The molecule has 0 aliphatic rings. The summed E-state index contributed by atoms with van der Waals surface area (Å²) in [6.45, 7) is 5.13. The van der Waals surface area contributed by atoms with Crippen molar-refractivity contribution in [1.82, 2.24) is 20.3 Å². The number of carbonyl (C=O) groups is 3. The Morgan fingerprint density at radius 3 is 2.56 bits per heavy atom. The molecule has 9 nitrogen and oxygen atoms in total. The molecule has 132 valence electrons. The number of nitrogens with one attached hydrogen (secondary N) is 2. The van der Waals surface area contributed by atoms with Crippen molar-refractivity contribution in [2.75, 3.05) is 11.9 Å². The third-order valence-corrected chi connectivity index (χ3v) is 3.20. The fraction of sp³-hybridized carbons (Fsp3) is 0.312. The van der Waals surface area contributed by atoms with Crippen LogP contribution in [0.2, 0.25) is 0 Å². The first-order valence-corrected chi connectivity index (χ1v) is 7.51. The third-order valence-electron chi connectivity index (χ3n) is 3.20. The third kappa shape index (κ3) is 4.87. The van der Waals surface area contributed by atoms with Gasteiger partial charge >= 0.3 is 5.97 Å². The summed E-state index contributed by atoms with van der Waals surface area (Å²) in [4.78, 5) is 34.6. The van der Waals surface area contributed by atoms with Crippen molar-refractivity contribution in [2.45, 2.75) is 20.8 Å². The SMILES string of the molecule is CC(C)(C)C(=O)NCC(=O)Nc1cccc(-n2cc(C(=O)O)nn2)c1. The molecule has 0 saturated heterocycles. The van der Waals surface area contributed by atoms with Gasteiger partial charge in [0.15, 0.2) is 5.69 Å². The number of carbonyl (C=O) groups excluding carboxylic acids is 2. The summed E-state index contributed by atoms with van der Waals surface area (Å²) in [5, 5.41) is 21.4. The molecule has 25 heavy (non-hydrogen) atoms. The number of anilines is 1. The summed E-state index contributed by atoms with van der Waals surface area (Å²) in [5.41, 5.74) is 0.269. The molecule has 2 aromatic rings. The Morgan fingerprint density at radius 2 is 1.96 bits per heavy atom. The van der Waals surface area contributed by atoms with Gasteiger partial charge in [-0.25, -0.2) is 9.48 Å². The molecule has 0 radical (unpaired) electrons. The predicted octanol–water partition coefficient (Wildman–Crippen LogP) is 1.07. The molecule has 0 atom stereocenters. The van der Waals surface area contributed by atoms with E-state index in [1.165, 1.54) is 10.9 Å². The van der Waals surface area contributed by atoms with Crippen molar-refractivity contribution in [3.05, 3.63) is 36.2 Å². The minimum Gasteiger partial charge on any atom is -0.476 e. The summed E-state index contributed by atoms with van der Waals surface area (Å²) >= 11 is 0. The van der Waals surface area contributed by atoms with Crippen molar-refractivity contribution in [1.29, 1.82) is 0 Å². The number of benzene rings is 1. The molecule has 3 N–H and O–H groups in total. The second-order valence-electron chi connectivity index (χ2n) is 6.38. The Kier molecular flexibility index (Phi) is 5.16. The Morgan fingerprint density at radius 1 is 1.24 bits per heavy atom. The maximum atomic E-state index is 11.9. The van der Waals surface area contributed by atoms with Crippen LogP contribution in [0.25, 0.3) is 5.69 Å². The Balaban J connectivity index is 2.02. The van der Waals surface area contributed by atoms with E-state index >= 15 is 0 Å². The molecular weight excluding hydrogens is 326 g/mol. The molecule has 0 saturated carbocycles. The largest absolute Gasteiger partial charge is 0.476 e. The van der Waals surface area contributed by atoms with E-state index in [0.29, 0.717) is 11.4 Å². The lowest BCUT2D eigenvalue weighted by Crippen LogP contribution is -2.39. The second kappa shape index (κ2) is 7.12. The standard InChI is InChI=1S/C16H19N5O4/c1-16(2,3)15(25)17-8-13(22)18-10-5-4-6-11(7-10)21-9-12(14(23)24)19-20-21/h4-7,9H,8H2,1-3H3,(H,17,25)(H,18,22)(H,23,24). The van der Waals surface area contributed by atoms with E-state index in [0.717, 1.165) is 0 Å². The highest BCUT2D eigenvalue weighted by molar-refractivity contribution is 5.95. The lowest BCUT2D eigenvalue weighted by Gasteiger charge is -2.17. The summed E-state index contributed by atoms with van der Waals surface area (Å²) < 4.78 is 1.29. The molecule has 2 amide bonds. The van der Waals surface area contributed by atoms with Gasteiger partial charge in [0.2, 0.25) is 11.8 Å². The van der Waals surface area contributed by atoms with Crippen LogP contribution in [0.4, 0.5) is 5.69 Å². The van der Waals surface area contributed by atoms with Crippen LogP contribution in [0.3, 0.4) is 0 Å². The summed E-state index contributed by atoms with van der Waals surface area (Å²) in [5.74, 6) is -1.77. The topological polar surface area (TPSA) is 126 Å². The van der Waals surface area contributed by atoms with Crippen LogP contribution in [-0.4, -0.2) is 44.4 Å². The number of hydrogen-bond donors (Lipinski definition) is 3. The number of carboxylic acid groups (broad SMARTS) is 1. The van der Waals surface area contributed by atoms with Gasteiger partial charge < -0.3 is 15.7 Å². The Labute approximate surface area is 144 Å². The molecule has 0 bridgehead atoms. The molecule has 0 unspecified atom stereocenters. The van der Waals surface area contributed by atoms with E-state index in [4.69, 9.17) is 5.11 Å². The molecular formula is C16H19N5O4. The molecule has 1 heterocycles. The highest BCUT2D eigenvalue weighted by atomic mass is 16.4. The van der Waals surface area contributed by atoms with Gasteiger partial charge in [-0.1, -0.05) is 32.1 Å². The predicted molar refractivity (Wildman–Crippen MR) is 89.4 cm³/mol. The minimum atomic E-state index is -1.18. The van der Waals surface area contributed by atoms with Gasteiger partial charge in [-0.3, -0.25) is 9.59 Å². The number of carboxylic acids is 1. The van der Waals surface area contributed by atoms with Gasteiger partial charge in [-0.05, 0) is 18.2 Å². The van der Waals surface area contributed by atoms with E-state index in [-0.39, 0.29) is 24.1 Å². The average molecular weight is 345 g/mol. The van der Waals surface area contributed by atoms with Crippen molar-refractivity contribution >= 4 is 23.5 Å². The molecule has 0 fully saturated rings. The second-order valence-corrected chi connectivity index (χ2v) is 6.38. The molecule has 1 aromatic carbocycles. The first-order valence-electron chi connectivity index (χ1n) is 7.51. The number of aromatic carboxylic acids is 1. The zero-order valence-corrected chi connectivity index (χ0v) is 14.1. The van der Waals surface area contributed by atoms with Crippen molar-refractivity contribution < 1.29 is 19.5 Å². The fourth-order valence-corrected chi connectivity index (χ4v) is 1.85. The maximum Gasteiger partial charge on any atom is 0.358 e. The molecule has 2 rings (SSSR count). The van der Waals surface area contributed by atoms with E-state index in [1.807, 2.05) is 0 Å². The van der Waals surface area contributed by atoms with Gasteiger partial charge in [-0.2, -0.15) is 0 Å². The van der Waals surface area contributed by atoms with Crippen LogP contribution in [0.15, 0.2) is 30.5 Å². The average Bonchev–Trinajstić information content (AvgIpc) is 3.02. The molecule has 9 heteroatoms. The lowest BCUT2D eigenvalue weighted by atomic mass is 9.96. The number of hydrogen-bond acceptors (Lipinski definition) is 5. The highest BCUT2D eigenvalue weighted by Gasteiger charge is 2.21. The zero-order chi connectivity index (χ0) is 18.6. The number of nitrogens with zero attached hydrogens (tertiary/aromatic N) is 3.